The molecule has 1 aromatic carbocycles. The van der Waals surface area contributed by atoms with Crippen molar-refractivity contribution in [1.29, 1.82) is 0 Å². The van der Waals surface area contributed by atoms with Gasteiger partial charge in [-0.3, -0.25) is 4.98 Å². The van der Waals surface area contributed by atoms with Gasteiger partial charge in [-0.15, -0.1) is 0 Å². The van der Waals surface area contributed by atoms with Crippen molar-refractivity contribution in [3.63, 3.8) is 0 Å². The van der Waals surface area contributed by atoms with Crippen molar-refractivity contribution in [2.45, 2.75) is 25.8 Å². The zero-order valence-corrected chi connectivity index (χ0v) is 12.8. The van der Waals surface area contributed by atoms with Crippen LogP contribution in [0.1, 0.15) is 18.1 Å². The van der Waals surface area contributed by atoms with Crippen LogP contribution < -0.4 is 5.73 Å². The van der Waals surface area contributed by atoms with Crippen LogP contribution >= 0.6 is 0 Å². The average molecular weight is 283 g/mol. The molecule has 1 aromatic heterocycles. The van der Waals surface area contributed by atoms with Crippen molar-refractivity contribution in [3.05, 3.63) is 66.0 Å². The van der Waals surface area contributed by atoms with Crippen LogP contribution in [0.25, 0.3) is 0 Å². The van der Waals surface area contributed by atoms with Gasteiger partial charge in [0.2, 0.25) is 0 Å². The third-order valence-corrected chi connectivity index (χ3v) is 3.75. The highest BCUT2D eigenvalue weighted by Gasteiger charge is 2.10. The quantitative estimate of drug-likeness (QED) is 0.809. The fourth-order valence-corrected chi connectivity index (χ4v) is 2.53. The maximum absolute atomic E-state index is 6.30. The molecule has 0 bridgehead atoms. The number of benzene rings is 1. The minimum Gasteiger partial charge on any atom is -0.326 e. The van der Waals surface area contributed by atoms with E-state index in [-0.39, 0.29) is 6.04 Å². The molecule has 3 nitrogen and oxygen atoms in total. The molecule has 21 heavy (non-hydrogen) atoms. The van der Waals surface area contributed by atoms with E-state index in [4.69, 9.17) is 5.73 Å². The normalized spacial score (nSPS) is 12.5. The van der Waals surface area contributed by atoms with E-state index in [1.807, 2.05) is 18.5 Å². The molecule has 0 amide bonds. The first-order chi connectivity index (χ1) is 10.3. The van der Waals surface area contributed by atoms with E-state index in [2.05, 4.69) is 53.2 Å². The van der Waals surface area contributed by atoms with E-state index in [1.165, 1.54) is 11.1 Å². The fourth-order valence-electron chi connectivity index (χ4n) is 2.53. The fraction of sp³-hybridized carbons (Fsp3) is 0.389. The number of hydrogen-bond donors (Lipinski definition) is 1. The lowest BCUT2D eigenvalue weighted by Crippen LogP contribution is -2.39. The summed E-state index contributed by atoms with van der Waals surface area (Å²) in [6, 6.07) is 14.8. The minimum atomic E-state index is 0.185. The lowest BCUT2D eigenvalue weighted by atomic mass is 10.1. The minimum absolute atomic E-state index is 0.185. The summed E-state index contributed by atoms with van der Waals surface area (Å²) in [5, 5.41) is 0. The van der Waals surface area contributed by atoms with Crippen molar-refractivity contribution in [1.82, 2.24) is 9.88 Å². The third-order valence-electron chi connectivity index (χ3n) is 3.75. The molecule has 0 radical (unpaired) electrons. The molecule has 2 aromatic rings. The highest BCUT2D eigenvalue weighted by Crippen LogP contribution is 2.05. The molecular formula is C18H25N3. The number of rotatable bonds is 8. The smallest absolute Gasteiger partial charge is 0.0270 e. The Kier molecular flexibility index (Phi) is 6.38. The van der Waals surface area contributed by atoms with Gasteiger partial charge in [-0.2, -0.15) is 0 Å². The molecule has 0 saturated carbocycles. The molecule has 1 atom stereocenters. The van der Waals surface area contributed by atoms with Crippen LogP contribution in [0.15, 0.2) is 54.9 Å². The first-order valence-electron chi connectivity index (χ1n) is 7.68. The highest BCUT2D eigenvalue weighted by molar-refractivity contribution is 5.16. The van der Waals surface area contributed by atoms with Gasteiger partial charge in [0.1, 0.15) is 0 Å². The number of hydrogen-bond acceptors (Lipinski definition) is 3. The predicted molar refractivity (Wildman–Crippen MR) is 88.2 cm³/mol. The molecule has 0 aliphatic carbocycles. The van der Waals surface area contributed by atoms with Crippen LogP contribution in [0.3, 0.4) is 0 Å². The summed E-state index contributed by atoms with van der Waals surface area (Å²) in [4.78, 5) is 6.48. The Balaban J connectivity index is 1.78. The SMILES string of the molecule is CCN(CCc1ccncc1)C[C@@H](N)Cc1ccccc1. The molecule has 0 fully saturated rings. The molecule has 0 aliphatic rings. The summed E-state index contributed by atoms with van der Waals surface area (Å²) in [6.45, 7) is 5.22. The first kappa shape index (κ1) is 15.7. The molecule has 1 heterocycles. The lowest BCUT2D eigenvalue weighted by molar-refractivity contribution is 0.272. The van der Waals surface area contributed by atoms with Gasteiger partial charge in [0.25, 0.3) is 0 Å². The molecule has 112 valence electrons. The van der Waals surface area contributed by atoms with E-state index in [0.717, 1.165) is 32.5 Å². The van der Waals surface area contributed by atoms with Crippen molar-refractivity contribution < 1.29 is 0 Å². The largest absolute Gasteiger partial charge is 0.326 e. The van der Waals surface area contributed by atoms with Crippen molar-refractivity contribution in [3.8, 4) is 0 Å². The zero-order chi connectivity index (χ0) is 14.9. The zero-order valence-electron chi connectivity index (χ0n) is 12.8. The molecule has 3 heteroatoms. The Morgan fingerprint density at radius 1 is 1.05 bits per heavy atom. The van der Waals surface area contributed by atoms with Gasteiger partial charge in [0.15, 0.2) is 0 Å². The Bertz CT molecular complexity index is 498. The van der Waals surface area contributed by atoms with Crippen LogP contribution in [0.4, 0.5) is 0 Å². The monoisotopic (exact) mass is 283 g/mol. The van der Waals surface area contributed by atoms with Gasteiger partial charge in [-0.1, -0.05) is 37.3 Å². The summed E-state index contributed by atoms with van der Waals surface area (Å²) >= 11 is 0. The molecule has 2 rings (SSSR count). The molecule has 0 unspecified atom stereocenters. The second-order valence-electron chi connectivity index (χ2n) is 5.45. The third kappa shape index (κ3) is 5.66. The summed E-state index contributed by atoms with van der Waals surface area (Å²) in [6.07, 6.45) is 5.69. The number of pyridine rings is 1. The molecule has 0 aliphatic heterocycles. The van der Waals surface area contributed by atoms with Gasteiger partial charge < -0.3 is 10.6 Å². The van der Waals surface area contributed by atoms with Crippen LogP contribution in [-0.4, -0.2) is 35.6 Å². The number of likely N-dealkylation sites (N-methyl/N-ethyl adjacent to an activating group) is 1. The summed E-state index contributed by atoms with van der Waals surface area (Å²) < 4.78 is 0. The second-order valence-corrected chi connectivity index (χ2v) is 5.45. The van der Waals surface area contributed by atoms with E-state index in [1.54, 1.807) is 0 Å². The molecule has 0 spiro atoms. The molecular weight excluding hydrogens is 258 g/mol. The van der Waals surface area contributed by atoms with Crippen LogP contribution in [-0.2, 0) is 12.8 Å². The van der Waals surface area contributed by atoms with Gasteiger partial charge in [-0.05, 0) is 42.6 Å². The summed E-state index contributed by atoms with van der Waals surface area (Å²) in [5.74, 6) is 0. The Morgan fingerprint density at radius 3 is 2.43 bits per heavy atom. The number of nitrogens with two attached hydrogens (primary N) is 1. The van der Waals surface area contributed by atoms with Crippen LogP contribution in [0.2, 0.25) is 0 Å². The Hall–Kier alpha value is -1.71. The van der Waals surface area contributed by atoms with Crippen LogP contribution in [0.5, 0.6) is 0 Å². The first-order valence-corrected chi connectivity index (χ1v) is 7.68. The second kappa shape index (κ2) is 8.55. The van der Waals surface area contributed by atoms with E-state index >= 15 is 0 Å². The van der Waals surface area contributed by atoms with E-state index < -0.39 is 0 Å². The lowest BCUT2D eigenvalue weighted by Gasteiger charge is -2.24. The Morgan fingerprint density at radius 2 is 1.76 bits per heavy atom. The van der Waals surface area contributed by atoms with Crippen molar-refractivity contribution >= 4 is 0 Å². The van der Waals surface area contributed by atoms with Crippen LogP contribution in [0, 0.1) is 0 Å². The molecule has 0 saturated heterocycles. The summed E-state index contributed by atoms with van der Waals surface area (Å²) in [7, 11) is 0. The maximum atomic E-state index is 6.30. The van der Waals surface area contributed by atoms with Gasteiger partial charge in [0.05, 0.1) is 0 Å². The van der Waals surface area contributed by atoms with Crippen molar-refractivity contribution in [2.75, 3.05) is 19.6 Å². The topological polar surface area (TPSA) is 42.2 Å². The maximum Gasteiger partial charge on any atom is 0.0270 e. The average Bonchev–Trinajstić information content (AvgIpc) is 2.53. The van der Waals surface area contributed by atoms with Gasteiger partial charge in [-0.25, -0.2) is 0 Å². The number of nitrogens with zero attached hydrogens (tertiary/aromatic N) is 2. The number of aromatic nitrogens is 1. The van der Waals surface area contributed by atoms with Gasteiger partial charge >= 0.3 is 0 Å². The van der Waals surface area contributed by atoms with E-state index in [0.29, 0.717) is 0 Å². The summed E-state index contributed by atoms with van der Waals surface area (Å²) in [5.41, 5.74) is 8.95. The van der Waals surface area contributed by atoms with Crippen molar-refractivity contribution in [2.24, 2.45) is 5.73 Å². The van der Waals surface area contributed by atoms with Gasteiger partial charge in [0, 0.05) is 31.5 Å². The highest BCUT2D eigenvalue weighted by atomic mass is 15.1. The molecule has 2 N–H and O–H groups in total. The standard InChI is InChI=1S/C18H25N3/c1-2-21(13-10-16-8-11-20-12-9-16)15-18(19)14-17-6-4-3-5-7-17/h3-9,11-12,18H,2,10,13-15,19H2,1H3/t18-/m0/s1. The van der Waals surface area contributed by atoms with E-state index in [9.17, 15) is 0 Å². The Labute approximate surface area is 127 Å². The predicted octanol–water partition coefficient (Wildman–Crippen LogP) is 2.52.